The second-order valence-electron chi connectivity index (χ2n) is 23.4. The summed E-state index contributed by atoms with van der Waals surface area (Å²) >= 11 is 0. The number of ether oxygens (including phenoxy) is 10. The van der Waals surface area contributed by atoms with E-state index in [4.69, 9.17) is 47.4 Å². The molecule has 0 aliphatic carbocycles. The Labute approximate surface area is 494 Å². The van der Waals surface area contributed by atoms with Crippen molar-refractivity contribution in [3.63, 3.8) is 0 Å². The van der Waals surface area contributed by atoms with Gasteiger partial charge in [-0.1, -0.05) is 135 Å². The van der Waals surface area contributed by atoms with Crippen molar-refractivity contribution in [1.82, 2.24) is 0 Å². The third kappa shape index (κ3) is 14.5. The van der Waals surface area contributed by atoms with Crippen LogP contribution in [0, 0.1) is 0 Å². The maximum absolute atomic E-state index is 11.2. The molecule has 0 radical (unpaired) electrons. The van der Waals surface area contributed by atoms with E-state index < -0.39 is 16.9 Å². The average molecular weight is 1130 g/mol. The highest BCUT2D eigenvalue weighted by molar-refractivity contribution is 5.54. The first-order valence-corrected chi connectivity index (χ1v) is 29.7. The Morgan fingerprint density at radius 2 is 0.560 bits per heavy atom. The second kappa shape index (κ2) is 25.7. The van der Waals surface area contributed by atoms with Crippen LogP contribution in [0.4, 0.5) is 0 Å². The topological polar surface area (TPSA) is 126 Å². The van der Waals surface area contributed by atoms with Gasteiger partial charge in [0.1, 0.15) is 105 Å². The molecule has 11 heteroatoms. The lowest BCUT2D eigenvalue weighted by atomic mass is 9.71. The van der Waals surface area contributed by atoms with Gasteiger partial charge in [0, 0.05) is 10.8 Å². The van der Waals surface area contributed by atoms with Gasteiger partial charge in [-0.05, 0) is 167 Å². The summed E-state index contributed by atoms with van der Waals surface area (Å²) in [6.07, 6.45) is 1.78. The third-order valence-electron chi connectivity index (χ3n) is 17.0. The van der Waals surface area contributed by atoms with Gasteiger partial charge >= 0.3 is 0 Å². The Bertz CT molecular complexity index is 3130. The molecule has 12 rings (SSSR count). The zero-order chi connectivity index (χ0) is 57.5. The Morgan fingerprint density at radius 1 is 0.345 bits per heavy atom. The molecule has 4 fully saturated rings. The highest BCUT2D eigenvalue weighted by atomic mass is 16.6. The molecule has 8 atom stereocenters. The molecule has 4 saturated heterocycles. The molecule has 4 aliphatic rings. The van der Waals surface area contributed by atoms with Crippen molar-refractivity contribution in [3.05, 3.63) is 250 Å². The van der Waals surface area contributed by atoms with Gasteiger partial charge in [0.15, 0.2) is 0 Å². The Kier molecular flexibility index (Phi) is 17.4. The van der Waals surface area contributed by atoms with Gasteiger partial charge in [-0.15, -0.1) is 0 Å². The van der Waals surface area contributed by atoms with E-state index in [1.54, 1.807) is 0 Å². The Balaban J connectivity index is 0.686. The molecular formula is C73H76O11. The van der Waals surface area contributed by atoms with Crippen LogP contribution in [0.15, 0.2) is 194 Å². The van der Waals surface area contributed by atoms with E-state index in [0.29, 0.717) is 49.8 Å². The fourth-order valence-corrected chi connectivity index (χ4v) is 11.1. The number of benzene rings is 8. The SMILES string of the molecule is CC(Cc1ccc(OC[C@@H]2CO2)cc1)c1ccc(C(C)(c2ccc(OCC(O)COc3ccc(C(C)(c4ccc(OCC5CO5)cc4)c4ccc(C(C)Cc5ccc(OC[C@@H]6CO6)cc5)cc4)cc3)cc2)c2ccc(OCC3CO3)cc2)cc1. The van der Waals surface area contributed by atoms with E-state index in [1.807, 2.05) is 48.5 Å². The first-order chi connectivity index (χ1) is 41.0. The third-order valence-corrected chi connectivity index (χ3v) is 17.0. The van der Waals surface area contributed by atoms with Crippen LogP contribution in [-0.2, 0) is 42.6 Å². The number of hydrogen-bond donors (Lipinski definition) is 1. The van der Waals surface area contributed by atoms with Crippen molar-refractivity contribution < 1.29 is 52.5 Å². The molecule has 0 spiro atoms. The summed E-state index contributed by atoms with van der Waals surface area (Å²) in [4.78, 5) is 0. The van der Waals surface area contributed by atoms with Gasteiger partial charge in [-0.3, -0.25) is 0 Å². The summed E-state index contributed by atoms with van der Waals surface area (Å²) in [6.45, 7) is 14.6. The quantitative estimate of drug-likeness (QED) is 0.0342. The van der Waals surface area contributed by atoms with Crippen LogP contribution in [0.3, 0.4) is 0 Å². The van der Waals surface area contributed by atoms with E-state index in [1.165, 1.54) is 22.3 Å². The van der Waals surface area contributed by atoms with Gasteiger partial charge in [-0.2, -0.15) is 0 Å². The van der Waals surface area contributed by atoms with E-state index in [9.17, 15) is 5.11 Å². The van der Waals surface area contributed by atoms with Crippen LogP contribution < -0.4 is 28.4 Å². The van der Waals surface area contributed by atoms with Gasteiger partial charge in [-0.25, -0.2) is 0 Å². The van der Waals surface area contributed by atoms with Crippen LogP contribution in [0.2, 0.25) is 0 Å². The molecule has 434 valence electrons. The molecular weight excluding hydrogens is 1050 g/mol. The molecule has 11 nitrogen and oxygen atoms in total. The monoisotopic (exact) mass is 1130 g/mol. The smallest absolute Gasteiger partial charge is 0.122 e. The minimum absolute atomic E-state index is 0.0628. The van der Waals surface area contributed by atoms with E-state index >= 15 is 0 Å². The second-order valence-corrected chi connectivity index (χ2v) is 23.4. The number of hydrogen-bond acceptors (Lipinski definition) is 11. The molecule has 0 bridgehead atoms. The Hall–Kier alpha value is -7.64. The molecule has 0 aromatic heterocycles. The first kappa shape index (κ1) is 56.8. The molecule has 6 unspecified atom stereocenters. The summed E-state index contributed by atoms with van der Waals surface area (Å²) in [5.74, 6) is 5.32. The molecule has 0 saturated carbocycles. The van der Waals surface area contributed by atoms with E-state index in [2.05, 4.69) is 173 Å². The summed E-state index contributed by atoms with van der Waals surface area (Å²) in [5.41, 5.74) is 10.9. The Morgan fingerprint density at radius 3 is 0.798 bits per heavy atom. The lowest BCUT2D eigenvalue weighted by Crippen LogP contribution is -2.26. The van der Waals surface area contributed by atoms with Crippen molar-refractivity contribution in [2.45, 2.75) is 93.7 Å². The fraction of sp³-hybridized carbons (Fsp3) is 0.342. The first-order valence-electron chi connectivity index (χ1n) is 29.7. The maximum atomic E-state index is 11.2. The molecule has 4 heterocycles. The van der Waals surface area contributed by atoms with Crippen LogP contribution in [0.25, 0.3) is 0 Å². The largest absolute Gasteiger partial charge is 0.491 e. The standard InChI is InChI=1S/C73H76O11/c1-49(37-51-5-25-62(26-6-51)77-41-68-45-81-68)53-9-13-55(14-10-53)72(3,59-21-33-66(34-22-59)79-43-70-47-83-70)57-17-29-64(30-18-57)75-39-61(74)40-76-65-31-19-58(20-32-65)73(4,60-23-35-67(36-24-60)80-44-71-48-84-71)56-15-11-54(12-16-56)50(2)38-52-7-27-63(28-8-52)78-42-69-46-82-69/h5-36,49-50,61,68-71,74H,37-48H2,1-4H3/t49?,50?,61?,68-,69-,70?,71?,72?,73?/m1/s1. The summed E-state index contributed by atoms with van der Waals surface area (Å²) < 4.78 is 57.6. The molecule has 84 heavy (non-hydrogen) atoms. The summed E-state index contributed by atoms with van der Waals surface area (Å²) in [5, 5.41) is 11.2. The maximum Gasteiger partial charge on any atom is 0.122 e. The van der Waals surface area contributed by atoms with Crippen LogP contribution in [-0.4, -0.2) is 102 Å². The zero-order valence-corrected chi connectivity index (χ0v) is 48.5. The fourth-order valence-electron chi connectivity index (χ4n) is 11.1. The molecule has 8 aromatic rings. The number of epoxide rings is 4. The summed E-state index contributed by atoms with van der Waals surface area (Å²) in [6, 6.07) is 68.2. The number of aliphatic hydroxyl groups excluding tert-OH is 1. The van der Waals surface area contributed by atoms with E-state index in [0.717, 1.165) is 95.6 Å². The van der Waals surface area contributed by atoms with Gasteiger partial charge in [0.2, 0.25) is 0 Å². The number of rotatable bonds is 30. The minimum Gasteiger partial charge on any atom is -0.491 e. The predicted molar refractivity (Wildman–Crippen MR) is 325 cm³/mol. The van der Waals surface area contributed by atoms with Crippen molar-refractivity contribution in [2.24, 2.45) is 0 Å². The normalized spacial score (nSPS) is 20.0. The molecule has 1 N–H and O–H groups in total. The summed E-state index contributed by atoms with van der Waals surface area (Å²) in [7, 11) is 0. The predicted octanol–water partition coefficient (Wildman–Crippen LogP) is 13.0. The van der Waals surface area contributed by atoms with Crippen LogP contribution >= 0.6 is 0 Å². The molecule has 4 aliphatic heterocycles. The van der Waals surface area contributed by atoms with Gasteiger partial charge < -0.3 is 52.5 Å². The lowest BCUT2D eigenvalue weighted by molar-refractivity contribution is 0.0626. The average Bonchev–Trinajstić information content (AvgIpc) is 4.39. The molecule has 8 aromatic carbocycles. The van der Waals surface area contributed by atoms with Crippen LogP contribution in [0.1, 0.15) is 95.2 Å². The zero-order valence-electron chi connectivity index (χ0n) is 48.5. The van der Waals surface area contributed by atoms with Gasteiger partial charge in [0.05, 0.1) is 26.4 Å². The van der Waals surface area contributed by atoms with Crippen molar-refractivity contribution >= 4 is 0 Å². The van der Waals surface area contributed by atoms with Crippen molar-refractivity contribution in [1.29, 1.82) is 0 Å². The van der Waals surface area contributed by atoms with Crippen molar-refractivity contribution in [3.8, 4) is 34.5 Å². The minimum atomic E-state index is -0.872. The lowest BCUT2D eigenvalue weighted by Gasteiger charge is -2.32. The van der Waals surface area contributed by atoms with E-state index in [-0.39, 0.29) is 37.6 Å². The van der Waals surface area contributed by atoms with Gasteiger partial charge in [0.25, 0.3) is 0 Å². The van der Waals surface area contributed by atoms with Crippen molar-refractivity contribution in [2.75, 3.05) is 66.1 Å². The highest BCUT2D eigenvalue weighted by Gasteiger charge is 2.34. The highest BCUT2D eigenvalue weighted by Crippen LogP contribution is 2.43. The van der Waals surface area contributed by atoms with Crippen LogP contribution in [0.5, 0.6) is 34.5 Å². The molecule has 0 amide bonds. The number of aliphatic hydroxyl groups is 1.